The Morgan fingerprint density at radius 1 is 1.22 bits per heavy atom. The van der Waals surface area contributed by atoms with Gasteiger partial charge in [-0.2, -0.15) is 0 Å². The van der Waals surface area contributed by atoms with Gasteiger partial charge in [0.25, 0.3) is 0 Å². The Kier molecular flexibility index (Phi) is 3.79. The lowest BCUT2D eigenvalue weighted by molar-refractivity contribution is 0.439. The van der Waals surface area contributed by atoms with Gasteiger partial charge in [-0.1, -0.05) is 6.07 Å². The van der Waals surface area contributed by atoms with Crippen LogP contribution in [0.2, 0.25) is 0 Å². The van der Waals surface area contributed by atoms with E-state index in [4.69, 9.17) is 5.73 Å². The normalized spacial score (nSPS) is 12.8. The second kappa shape index (κ2) is 5.03. The molecule has 0 amide bonds. The van der Waals surface area contributed by atoms with E-state index in [1.54, 1.807) is 6.07 Å². The summed E-state index contributed by atoms with van der Waals surface area (Å²) in [6.07, 6.45) is 0. The number of hydrogen-bond acceptors (Lipinski definition) is 2. The average molecular weight is 336 g/mol. The molecule has 18 heavy (non-hydrogen) atoms. The van der Waals surface area contributed by atoms with Crippen molar-refractivity contribution >= 4 is 27.3 Å². The van der Waals surface area contributed by atoms with E-state index in [0.717, 1.165) is 15.4 Å². The molecule has 96 valence electrons. The van der Waals surface area contributed by atoms with E-state index >= 15 is 0 Å². The highest BCUT2D eigenvalue weighted by Crippen LogP contribution is 2.34. The summed E-state index contributed by atoms with van der Waals surface area (Å²) in [4.78, 5) is 0.685. The molecule has 1 aromatic heterocycles. The zero-order chi connectivity index (χ0) is 13.4. The quantitative estimate of drug-likeness (QED) is 0.814. The molecule has 0 bridgehead atoms. The van der Waals surface area contributed by atoms with Crippen LogP contribution in [0.5, 0.6) is 0 Å². The Morgan fingerprint density at radius 2 is 1.89 bits per heavy atom. The van der Waals surface area contributed by atoms with Crippen LogP contribution in [-0.4, -0.2) is 0 Å². The number of nitrogens with two attached hydrogens (primary N) is 1. The Hall–Kier alpha value is -0.850. The van der Waals surface area contributed by atoms with Crippen LogP contribution in [0.4, 0.5) is 13.2 Å². The van der Waals surface area contributed by atoms with E-state index in [1.807, 2.05) is 6.92 Å². The van der Waals surface area contributed by atoms with Crippen molar-refractivity contribution in [2.45, 2.75) is 13.0 Å². The van der Waals surface area contributed by atoms with Gasteiger partial charge in [-0.05, 0) is 40.5 Å². The van der Waals surface area contributed by atoms with Crippen LogP contribution < -0.4 is 5.73 Å². The highest BCUT2D eigenvalue weighted by Gasteiger charge is 2.21. The molecule has 0 saturated heterocycles. The summed E-state index contributed by atoms with van der Waals surface area (Å²) in [5.41, 5.74) is 6.79. The van der Waals surface area contributed by atoms with E-state index in [9.17, 15) is 13.2 Å². The third-order valence-electron chi connectivity index (χ3n) is 2.58. The first-order chi connectivity index (χ1) is 8.41. The molecule has 0 saturated carbocycles. The summed E-state index contributed by atoms with van der Waals surface area (Å²) in [5.74, 6) is -3.94. The van der Waals surface area contributed by atoms with Crippen molar-refractivity contribution in [2.24, 2.45) is 5.73 Å². The van der Waals surface area contributed by atoms with E-state index in [0.29, 0.717) is 4.88 Å². The zero-order valence-electron chi connectivity index (χ0n) is 9.31. The minimum atomic E-state index is -1.49. The van der Waals surface area contributed by atoms with E-state index in [1.165, 1.54) is 17.4 Å². The molecular weight excluding hydrogens is 327 g/mol. The molecule has 0 radical (unpaired) electrons. The molecule has 1 nitrogen and oxygen atoms in total. The largest absolute Gasteiger partial charge is 0.320 e. The van der Waals surface area contributed by atoms with Crippen molar-refractivity contribution in [1.82, 2.24) is 0 Å². The third kappa shape index (κ3) is 2.32. The maximum Gasteiger partial charge on any atom is 0.194 e. The summed E-state index contributed by atoms with van der Waals surface area (Å²) < 4.78 is 40.5. The van der Waals surface area contributed by atoms with E-state index in [-0.39, 0.29) is 5.56 Å². The van der Waals surface area contributed by atoms with Gasteiger partial charge in [-0.3, -0.25) is 0 Å². The average Bonchev–Trinajstić information content (AvgIpc) is 2.66. The number of aryl methyl sites for hydroxylation is 1. The zero-order valence-corrected chi connectivity index (χ0v) is 11.7. The van der Waals surface area contributed by atoms with Crippen molar-refractivity contribution in [2.75, 3.05) is 0 Å². The molecule has 1 atom stereocenters. The Balaban J connectivity index is 2.46. The number of benzene rings is 1. The lowest BCUT2D eigenvalue weighted by atomic mass is 10.0. The molecule has 6 heteroatoms. The molecule has 1 heterocycles. The molecule has 1 aromatic carbocycles. The predicted molar refractivity (Wildman–Crippen MR) is 69.1 cm³/mol. The van der Waals surface area contributed by atoms with Crippen molar-refractivity contribution < 1.29 is 13.2 Å². The fourth-order valence-electron chi connectivity index (χ4n) is 1.57. The smallest absolute Gasteiger partial charge is 0.194 e. The Labute approximate surface area is 115 Å². The van der Waals surface area contributed by atoms with Gasteiger partial charge < -0.3 is 5.73 Å². The molecule has 0 aliphatic rings. The van der Waals surface area contributed by atoms with Gasteiger partial charge in [-0.15, -0.1) is 11.3 Å². The van der Waals surface area contributed by atoms with Crippen LogP contribution in [-0.2, 0) is 0 Å². The lowest BCUT2D eigenvalue weighted by Gasteiger charge is -2.11. The maximum absolute atomic E-state index is 13.6. The van der Waals surface area contributed by atoms with Crippen LogP contribution in [0.3, 0.4) is 0 Å². The van der Waals surface area contributed by atoms with Gasteiger partial charge in [0.2, 0.25) is 0 Å². The Morgan fingerprint density at radius 3 is 2.44 bits per heavy atom. The van der Waals surface area contributed by atoms with Crippen LogP contribution in [0.25, 0.3) is 0 Å². The van der Waals surface area contributed by atoms with Crippen molar-refractivity contribution in [3.8, 4) is 0 Å². The second-order valence-electron chi connectivity index (χ2n) is 3.85. The standard InChI is InChI=1S/C12H9BrF3NS/c1-5-4-8(18-12(5)13)11(17)6-2-3-7(14)10(16)9(6)15/h2-4,11H,17H2,1H3. The van der Waals surface area contributed by atoms with E-state index < -0.39 is 23.5 Å². The fraction of sp³-hybridized carbons (Fsp3) is 0.167. The number of hydrogen-bond donors (Lipinski definition) is 1. The van der Waals surface area contributed by atoms with Crippen LogP contribution in [0, 0.1) is 24.4 Å². The van der Waals surface area contributed by atoms with Crippen molar-refractivity contribution in [3.63, 3.8) is 0 Å². The van der Waals surface area contributed by atoms with E-state index in [2.05, 4.69) is 15.9 Å². The van der Waals surface area contributed by atoms with Crippen LogP contribution in [0.15, 0.2) is 22.0 Å². The monoisotopic (exact) mass is 335 g/mol. The minimum Gasteiger partial charge on any atom is -0.320 e. The molecule has 0 aliphatic carbocycles. The van der Waals surface area contributed by atoms with Gasteiger partial charge in [0, 0.05) is 10.4 Å². The highest BCUT2D eigenvalue weighted by atomic mass is 79.9. The molecule has 2 aromatic rings. The molecule has 0 spiro atoms. The van der Waals surface area contributed by atoms with Gasteiger partial charge in [0.15, 0.2) is 17.5 Å². The van der Waals surface area contributed by atoms with Gasteiger partial charge in [0.1, 0.15) is 0 Å². The summed E-state index contributed by atoms with van der Waals surface area (Å²) in [7, 11) is 0. The summed E-state index contributed by atoms with van der Waals surface area (Å²) in [6.45, 7) is 1.87. The summed E-state index contributed by atoms with van der Waals surface area (Å²) in [5, 5.41) is 0. The molecule has 0 fully saturated rings. The van der Waals surface area contributed by atoms with Gasteiger partial charge in [-0.25, -0.2) is 13.2 Å². The molecule has 0 aliphatic heterocycles. The fourth-order valence-corrected chi connectivity index (χ4v) is 3.16. The molecule has 2 N–H and O–H groups in total. The first kappa shape index (κ1) is 13.6. The molecule has 1 unspecified atom stereocenters. The SMILES string of the molecule is Cc1cc(C(N)c2ccc(F)c(F)c2F)sc1Br. The minimum absolute atomic E-state index is 0.0531. The van der Waals surface area contributed by atoms with Gasteiger partial charge >= 0.3 is 0 Å². The third-order valence-corrected chi connectivity index (χ3v) is 4.80. The van der Waals surface area contributed by atoms with Gasteiger partial charge in [0.05, 0.1) is 9.83 Å². The second-order valence-corrected chi connectivity index (χ2v) is 6.25. The molecule has 2 rings (SSSR count). The predicted octanol–water partition coefficient (Wildman–Crippen LogP) is 4.28. The topological polar surface area (TPSA) is 26.0 Å². The first-order valence-corrected chi connectivity index (χ1v) is 6.67. The first-order valence-electron chi connectivity index (χ1n) is 5.06. The van der Waals surface area contributed by atoms with Crippen LogP contribution >= 0.6 is 27.3 Å². The van der Waals surface area contributed by atoms with Crippen molar-refractivity contribution in [1.29, 1.82) is 0 Å². The molecular formula is C12H9BrF3NS. The lowest BCUT2D eigenvalue weighted by Crippen LogP contribution is -2.13. The summed E-state index contributed by atoms with van der Waals surface area (Å²) >= 11 is 4.68. The Bertz CT molecular complexity index is 578. The number of thiophene rings is 1. The van der Waals surface area contributed by atoms with Crippen LogP contribution in [0.1, 0.15) is 22.0 Å². The highest BCUT2D eigenvalue weighted by molar-refractivity contribution is 9.11. The maximum atomic E-state index is 13.6. The summed E-state index contributed by atoms with van der Waals surface area (Å²) in [6, 6.07) is 3.03. The van der Waals surface area contributed by atoms with Crippen molar-refractivity contribution in [3.05, 3.63) is 55.4 Å². The number of rotatable bonds is 2. The number of halogens is 4.